The van der Waals surface area contributed by atoms with Crippen LogP contribution in [0.25, 0.3) is 0 Å². The smallest absolute Gasteiger partial charge is 0.126 e. The lowest BCUT2D eigenvalue weighted by atomic mass is 9.87. The Kier molecular flexibility index (Phi) is 3.04. The summed E-state index contributed by atoms with van der Waals surface area (Å²) in [5.74, 6) is 1.01. The number of hydrogen-bond donors (Lipinski definition) is 1. The zero-order valence-corrected chi connectivity index (χ0v) is 11.2. The van der Waals surface area contributed by atoms with E-state index in [1.54, 1.807) is 0 Å². The molecular formula is C15H21NO2. The zero-order chi connectivity index (χ0) is 12.6. The molecule has 2 unspecified atom stereocenters. The van der Waals surface area contributed by atoms with E-state index in [0.717, 1.165) is 38.3 Å². The predicted molar refractivity (Wildman–Crippen MR) is 71.0 cm³/mol. The molecule has 3 heteroatoms. The molecule has 0 radical (unpaired) electrons. The van der Waals surface area contributed by atoms with Crippen LogP contribution >= 0.6 is 0 Å². The molecule has 1 N–H and O–H groups in total. The number of ether oxygens (including phenoxy) is 2. The summed E-state index contributed by atoms with van der Waals surface area (Å²) in [7, 11) is 0. The van der Waals surface area contributed by atoms with E-state index in [1.807, 2.05) is 0 Å². The Bertz CT molecular complexity index is 438. The summed E-state index contributed by atoms with van der Waals surface area (Å²) in [6, 6.07) is 6.41. The highest BCUT2D eigenvalue weighted by Gasteiger charge is 2.43. The van der Waals surface area contributed by atoms with Crippen molar-refractivity contribution in [3.63, 3.8) is 0 Å². The van der Waals surface area contributed by atoms with Gasteiger partial charge in [-0.15, -0.1) is 0 Å². The first-order valence-corrected chi connectivity index (χ1v) is 6.84. The highest BCUT2D eigenvalue weighted by atomic mass is 16.5. The lowest BCUT2D eigenvalue weighted by molar-refractivity contribution is -0.0354. The maximum Gasteiger partial charge on any atom is 0.126 e. The number of rotatable bonds is 2. The summed E-state index contributed by atoms with van der Waals surface area (Å²) in [5, 5.41) is 3.41. The largest absolute Gasteiger partial charge is 0.485 e. The van der Waals surface area contributed by atoms with Gasteiger partial charge < -0.3 is 14.8 Å². The van der Waals surface area contributed by atoms with Gasteiger partial charge in [-0.3, -0.25) is 0 Å². The first kappa shape index (κ1) is 12.0. The van der Waals surface area contributed by atoms with Gasteiger partial charge in [0.2, 0.25) is 0 Å². The second kappa shape index (κ2) is 4.56. The molecule has 0 aliphatic carbocycles. The third-order valence-electron chi connectivity index (χ3n) is 3.97. The Labute approximate surface area is 108 Å². The molecule has 98 valence electrons. The molecule has 18 heavy (non-hydrogen) atoms. The summed E-state index contributed by atoms with van der Waals surface area (Å²) in [6.07, 6.45) is 2.22. The molecule has 1 aromatic carbocycles. The van der Waals surface area contributed by atoms with E-state index in [9.17, 15) is 0 Å². The number of fused-ring (bicyclic) bond motifs is 1. The van der Waals surface area contributed by atoms with Gasteiger partial charge in [0.25, 0.3) is 0 Å². The van der Waals surface area contributed by atoms with E-state index >= 15 is 0 Å². The molecule has 1 fully saturated rings. The molecule has 0 aromatic heterocycles. The Morgan fingerprint density at radius 1 is 1.50 bits per heavy atom. The number of nitrogens with one attached hydrogen (secondary N) is 1. The summed E-state index contributed by atoms with van der Waals surface area (Å²) in [4.78, 5) is 0. The monoisotopic (exact) mass is 247 g/mol. The summed E-state index contributed by atoms with van der Waals surface area (Å²) in [6.45, 7) is 6.90. The van der Waals surface area contributed by atoms with E-state index < -0.39 is 0 Å². The molecule has 2 aliphatic rings. The summed E-state index contributed by atoms with van der Waals surface area (Å²) >= 11 is 0. The van der Waals surface area contributed by atoms with Gasteiger partial charge >= 0.3 is 0 Å². The van der Waals surface area contributed by atoms with E-state index in [2.05, 4.69) is 37.4 Å². The Hall–Kier alpha value is -1.06. The van der Waals surface area contributed by atoms with Crippen molar-refractivity contribution in [3.8, 4) is 5.75 Å². The topological polar surface area (TPSA) is 30.5 Å². The van der Waals surface area contributed by atoms with E-state index in [1.165, 1.54) is 11.1 Å². The molecule has 3 nitrogen and oxygen atoms in total. The normalized spacial score (nSPS) is 30.2. The van der Waals surface area contributed by atoms with Crippen LogP contribution in [-0.2, 0) is 4.74 Å². The van der Waals surface area contributed by atoms with E-state index in [0.29, 0.717) is 0 Å². The van der Waals surface area contributed by atoms with Gasteiger partial charge in [0, 0.05) is 31.6 Å². The molecule has 0 bridgehead atoms. The Morgan fingerprint density at radius 3 is 3.11 bits per heavy atom. The van der Waals surface area contributed by atoms with Crippen LogP contribution < -0.4 is 10.1 Å². The van der Waals surface area contributed by atoms with Crippen LogP contribution in [0.1, 0.15) is 37.0 Å². The minimum atomic E-state index is -0.0535. The number of hydrogen-bond acceptors (Lipinski definition) is 3. The zero-order valence-electron chi connectivity index (χ0n) is 11.2. The molecule has 1 aromatic rings. The quantitative estimate of drug-likeness (QED) is 0.871. The van der Waals surface area contributed by atoms with Crippen LogP contribution in [0.2, 0.25) is 0 Å². The van der Waals surface area contributed by atoms with Crippen molar-refractivity contribution in [1.82, 2.24) is 5.32 Å². The van der Waals surface area contributed by atoms with Gasteiger partial charge in [-0.1, -0.05) is 11.6 Å². The standard InChI is InChI=1S/C15H21NO2/c1-3-17-14-9-15(6-7-16-10-15)18-13-5-4-11(2)8-12(13)14/h4-5,8,14,16H,3,6-7,9-10H2,1-2H3. The lowest BCUT2D eigenvalue weighted by Crippen LogP contribution is -2.43. The van der Waals surface area contributed by atoms with Gasteiger partial charge in [0.15, 0.2) is 0 Å². The molecule has 2 heterocycles. The van der Waals surface area contributed by atoms with Gasteiger partial charge in [0.05, 0.1) is 6.10 Å². The highest BCUT2D eigenvalue weighted by molar-refractivity contribution is 5.41. The SMILES string of the molecule is CCOC1CC2(CCNC2)Oc2ccc(C)cc21. The molecule has 0 saturated carbocycles. The molecular weight excluding hydrogens is 226 g/mol. The van der Waals surface area contributed by atoms with Crippen molar-refractivity contribution in [2.24, 2.45) is 0 Å². The van der Waals surface area contributed by atoms with Crippen molar-refractivity contribution in [2.75, 3.05) is 19.7 Å². The lowest BCUT2D eigenvalue weighted by Gasteiger charge is -2.39. The summed E-state index contributed by atoms with van der Waals surface area (Å²) < 4.78 is 12.2. The van der Waals surface area contributed by atoms with Crippen LogP contribution in [0.15, 0.2) is 18.2 Å². The van der Waals surface area contributed by atoms with Crippen LogP contribution in [0.5, 0.6) is 5.75 Å². The van der Waals surface area contributed by atoms with Crippen LogP contribution in [-0.4, -0.2) is 25.3 Å². The maximum absolute atomic E-state index is 6.27. The van der Waals surface area contributed by atoms with Gasteiger partial charge in [-0.25, -0.2) is 0 Å². The second-order valence-electron chi connectivity index (χ2n) is 5.40. The first-order valence-electron chi connectivity index (χ1n) is 6.84. The maximum atomic E-state index is 6.27. The van der Waals surface area contributed by atoms with Crippen LogP contribution in [0, 0.1) is 6.92 Å². The van der Waals surface area contributed by atoms with Crippen molar-refractivity contribution in [1.29, 1.82) is 0 Å². The Balaban J connectivity index is 1.97. The fourth-order valence-corrected chi connectivity index (χ4v) is 3.07. The average Bonchev–Trinajstić information content (AvgIpc) is 2.79. The highest BCUT2D eigenvalue weighted by Crippen LogP contribution is 2.44. The van der Waals surface area contributed by atoms with E-state index in [-0.39, 0.29) is 11.7 Å². The van der Waals surface area contributed by atoms with Crippen molar-refractivity contribution >= 4 is 0 Å². The molecule has 2 aliphatic heterocycles. The van der Waals surface area contributed by atoms with Crippen molar-refractivity contribution in [3.05, 3.63) is 29.3 Å². The predicted octanol–water partition coefficient (Wildman–Crippen LogP) is 2.59. The van der Waals surface area contributed by atoms with Gasteiger partial charge in [-0.2, -0.15) is 0 Å². The molecule has 3 rings (SSSR count). The van der Waals surface area contributed by atoms with Gasteiger partial charge in [-0.05, 0) is 32.5 Å². The summed E-state index contributed by atoms with van der Waals surface area (Å²) in [5.41, 5.74) is 2.43. The third-order valence-corrected chi connectivity index (χ3v) is 3.97. The van der Waals surface area contributed by atoms with Crippen LogP contribution in [0.4, 0.5) is 0 Å². The van der Waals surface area contributed by atoms with Gasteiger partial charge in [0.1, 0.15) is 11.4 Å². The number of benzene rings is 1. The first-order chi connectivity index (χ1) is 8.72. The fraction of sp³-hybridized carbons (Fsp3) is 0.600. The minimum Gasteiger partial charge on any atom is -0.485 e. The third kappa shape index (κ3) is 2.02. The van der Waals surface area contributed by atoms with Crippen LogP contribution in [0.3, 0.4) is 0 Å². The molecule has 1 saturated heterocycles. The molecule has 2 atom stereocenters. The van der Waals surface area contributed by atoms with Crippen molar-refractivity contribution < 1.29 is 9.47 Å². The minimum absolute atomic E-state index is 0.0535. The Morgan fingerprint density at radius 2 is 2.39 bits per heavy atom. The number of aryl methyl sites for hydroxylation is 1. The van der Waals surface area contributed by atoms with E-state index in [4.69, 9.17) is 9.47 Å². The average molecular weight is 247 g/mol. The second-order valence-corrected chi connectivity index (χ2v) is 5.40. The van der Waals surface area contributed by atoms with Crippen molar-refractivity contribution in [2.45, 2.75) is 38.4 Å². The molecule has 1 spiro atoms. The molecule has 0 amide bonds. The fourth-order valence-electron chi connectivity index (χ4n) is 3.07.